The topological polar surface area (TPSA) is 72.8 Å². The van der Waals surface area contributed by atoms with E-state index < -0.39 is 16.4 Å². The fraction of sp³-hybridized carbons (Fsp3) is 1.00. The van der Waals surface area contributed by atoms with Gasteiger partial charge in [-0.05, 0) is 31.6 Å². The van der Waals surface area contributed by atoms with Gasteiger partial charge in [0.25, 0.3) is 10.1 Å². The number of hydrogen-bond donors (Lipinski definition) is 1. The first-order valence-corrected chi connectivity index (χ1v) is 7.29. The molecule has 1 rings (SSSR count). The highest BCUT2D eigenvalue weighted by Crippen LogP contribution is 2.31. The Hall–Kier alpha value is -0.170. The summed E-state index contributed by atoms with van der Waals surface area (Å²) in [6.07, 6.45) is 3.82. The van der Waals surface area contributed by atoms with E-state index in [0.29, 0.717) is 0 Å². The van der Waals surface area contributed by atoms with Gasteiger partial charge in [0.15, 0.2) is 6.29 Å². The minimum atomic E-state index is -3.33. The fourth-order valence-electron chi connectivity index (χ4n) is 2.05. The summed E-state index contributed by atoms with van der Waals surface area (Å²) in [6, 6.07) is 0. The zero-order valence-electron chi connectivity index (χ0n) is 9.76. The van der Waals surface area contributed by atoms with Crippen LogP contribution in [0.25, 0.3) is 0 Å². The Bertz CT molecular complexity index is 292. The lowest BCUT2D eigenvalue weighted by atomic mass is 9.82. The monoisotopic (exact) mass is 252 g/mol. The van der Waals surface area contributed by atoms with Crippen LogP contribution in [0.1, 0.15) is 25.7 Å². The van der Waals surface area contributed by atoms with Crippen molar-refractivity contribution in [3.63, 3.8) is 0 Å². The molecule has 0 aromatic heterocycles. The summed E-state index contributed by atoms with van der Waals surface area (Å²) in [7, 11) is -1.84. The van der Waals surface area contributed by atoms with Gasteiger partial charge in [-0.3, -0.25) is 4.18 Å². The molecule has 1 fully saturated rings. The van der Waals surface area contributed by atoms with Gasteiger partial charge in [0.05, 0.1) is 12.9 Å². The van der Waals surface area contributed by atoms with Gasteiger partial charge in [0, 0.05) is 13.0 Å². The predicted octanol–water partition coefficient (Wildman–Crippen LogP) is 0.734. The predicted molar refractivity (Wildman–Crippen MR) is 59.3 cm³/mol. The zero-order valence-corrected chi connectivity index (χ0v) is 10.6. The van der Waals surface area contributed by atoms with Crippen LogP contribution in [0.3, 0.4) is 0 Å². The van der Waals surface area contributed by atoms with Crippen molar-refractivity contribution in [2.45, 2.75) is 32.0 Å². The summed E-state index contributed by atoms with van der Waals surface area (Å²) < 4.78 is 31.3. The van der Waals surface area contributed by atoms with Gasteiger partial charge in [0.1, 0.15) is 0 Å². The molecular formula is C10H20O5S. The molecule has 5 nitrogen and oxygen atoms in total. The Morgan fingerprint density at radius 1 is 1.31 bits per heavy atom. The van der Waals surface area contributed by atoms with E-state index in [2.05, 4.69) is 0 Å². The lowest BCUT2D eigenvalue weighted by molar-refractivity contribution is -0.123. The first kappa shape index (κ1) is 13.9. The molecule has 1 aliphatic carbocycles. The molecular weight excluding hydrogens is 232 g/mol. The number of ether oxygens (including phenoxy) is 1. The highest BCUT2D eigenvalue weighted by atomic mass is 32.2. The summed E-state index contributed by atoms with van der Waals surface area (Å²) in [5.41, 5.74) is 0. The maximum absolute atomic E-state index is 10.8. The van der Waals surface area contributed by atoms with E-state index >= 15 is 0 Å². The summed E-state index contributed by atoms with van der Waals surface area (Å²) in [6.45, 7) is 0.259. The Kier molecular flexibility index (Phi) is 5.17. The second-order valence-corrected chi connectivity index (χ2v) is 6.04. The van der Waals surface area contributed by atoms with Crippen LogP contribution in [0, 0.1) is 11.8 Å². The quantitative estimate of drug-likeness (QED) is 0.577. The molecule has 0 aromatic rings. The molecule has 16 heavy (non-hydrogen) atoms. The number of rotatable bonds is 5. The van der Waals surface area contributed by atoms with Crippen molar-refractivity contribution >= 4 is 10.1 Å². The first-order valence-electron chi connectivity index (χ1n) is 5.47. The summed E-state index contributed by atoms with van der Waals surface area (Å²) in [4.78, 5) is 0. The molecule has 1 N–H and O–H groups in total. The van der Waals surface area contributed by atoms with Crippen molar-refractivity contribution in [3.8, 4) is 0 Å². The third-order valence-corrected chi connectivity index (χ3v) is 3.62. The second kappa shape index (κ2) is 5.95. The van der Waals surface area contributed by atoms with Gasteiger partial charge in [-0.25, -0.2) is 0 Å². The number of hydrogen-bond acceptors (Lipinski definition) is 5. The minimum Gasteiger partial charge on any atom is -0.368 e. The van der Waals surface area contributed by atoms with E-state index in [4.69, 9.17) is 8.92 Å². The molecule has 0 aliphatic heterocycles. The molecule has 0 radical (unpaired) electrons. The highest BCUT2D eigenvalue weighted by molar-refractivity contribution is 7.85. The van der Waals surface area contributed by atoms with Gasteiger partial charge < -0.3 is 9.84 Å². The van der Waals surface area contributed by atoms with Gasteiger partial charge in [-0.15, -0.1) is 0 Å². The van der Waals surface area contributed by atoms with Crippen LogP contribution in [0.5, 0.6) is 0 Å². The lowest BCUT2D eigenvalue weighted by Crippen LogP contribution is -2.28. The SMILES string of the molecule is COC(O)C1CCC(COS(C)(=O)=O)CC1. The molecule has 96 valence electrons. The largest absolute Gasteiger partial charge is 0.368 e. The molecule has 1 atom stereocenters. The second-order valence-electron chi connectivity index (χ2n) is 4.40. The van der Waals surface area contributed by atoms with Crippen LogP contribution in [0.15, 0.2) is 0 Å². The Morgan fingerprint density at radius 2 is 1.88 bits per heavy atom. The molecule has 1 unspecified atom stereocenters. The fourth-order valence-corrected chi connectivity index (χ4v) is 2.49. The summed E-state index contributed by atoms with van der Waals surface area (Å²) >= 11 is 0. The van der Waals surface area contributed by atoms with Gasteiger partial charge >= 0.3 is 0 Å². The van der Waals surface area contributed by atoms with Crippen LogP contribution < -0.4 is 0 Å². The van der Waals surface area contributed by atoms with Crippen LogP contribution in [-0.2, 0) is 19.0 Å². The normalized spacial score (nSPS) is 28.9. The maximum Gasteiger partial charge on any atom is 0.264 e. The van der Waals surface area contributed by atoms with E-state index in [1.807, 2.05) is 0 Å². The molecule has 1 aliphatic rings. The van der Waals surface area contributed by atoms with Gasteiger partial charge in [-0.2, -0.15) is 8.42 Å². The number of methoxy groups -OCH3 is 1. The van der Waals surface area contributed by atoms with Crippen LogP contribution >= 0.6 is 0 Å². The van der Waals surface area contributed by atoms with Crippen molar-refractivity contribution in [2.24, 2.45) is 11.8 Å². The van der Waals surface area contributed by atoms with Crippen molar-refractivity contribution in [1.29, 1.82) is 0 Å². The van der Waals surface area contributed by atoms with Crippen molar-refractivity contribution < 1.29 is 22.4 Å². The lowest BCUT2D eigenvalue weighted by Gasteiger charge is -2.30. The van der Waals surface area contributed by atoms with Crippen molar-refractivity contribution in [3.05, 3.63) is 0 Å². The molecule has 0 bridgehead atoms. The molecule has 0 amide bonds. The summed E-state index contributed by atoms with van der Waals surface area (Å²) in [5, 5.41) is 9.48. The van der Waals surface area contributed by atoms with E-state index in [1.54, 1.807) is 0 Å². The van der Waals surface area contributed by atoms with Gasteiger partial charge in [0.2, 0.25) is 0 Å². The van der Waals surface area contributed by atoms with Crippen LogP contribution in [-0.4, -0.2) is 39.8 Å². The molecule has 0 spiro atoms. The van der Waals surface area contributed by atoms with E-state index in [-0.39, 0.29) is 18.4 Å². The standard InChI is InChI=1S/C10H20O5S/c1-14-10(11)9-5-3-8(4-6-9)7-15-16(2,12)13/h8-11H,3-7H2,1-2H3. The maximum atomic E-state index is 10.8. The highest BCUT2D eigenvalue weighted by Gasteiger charge is 2.26. The van der Waals surface area contributed by atoms with Crippen molar-refractivity contribution in [2.75, 3.05) is 20.0 Å². The minimum absolute atomic E-state index is 0.166. The average molecular weight is 252 g/mol. The third kappa shape index (κ3) is 4.78. The zero-order chi connectivity index (χ0) is 12.2. The smallest absolute Gasteiger partial charge is 0.264 e. The van der Waals surface area contributed by atoms with E-state index in [1.165, 1.54) is 7.11 Å². The van der Waals surface area contributed by atoms with Crippen LogP contribution in [0.2, 0.25) is 0 Å². The number of aliphatic hydroxyl groups is 1. The Balaban J connectivity index is 2.27. The van der Waals surface area contributed by atoms with Crippen molar-refractivity contribution in [1.82, 2.24) is 0 Å². The van der Waals surface area contributed by atoms with E-state index in [9.17, 15) is 13.5 Å². The van der Waals surface area contributed by atoms with Crippen LogP contribution in [0.4, 0.5) is 0 Å². The molecule has 0 saturated heterocycles. The first-order chi connectivity index (χ1) is 7.42. The summed E-state index contributed by atoms with van der Waals surface area (Å²) in [5.74, 6) is 0.439. The number of aliphatic hydroxyl groups excluding tert-OH is 1. The molecule has 0 heterocycles. The Morgan fingerprint density at radius 3 is 2.31 bits per heavy atom. The third-order valence-electron chi connectivity index (χ3n) is 3.05. The molecule has 1 saturated carbocycles. The van der Waals surface area contributed by atoms with Gasteiger partial charge in [-0.1, -0.05) is 0 Å². The molecule has 0 aromatic carbocycles. The molecule has 6 heteroatoms. The van der Waals surface area contributed by atoms with E-state index in [0.717, 1.165) is 31.9 Å². The Labute approximate surface area is 96.9 Å². The average Bonchev–Trinajstić information content (AvgIpc) is 2.25.